The van der Waals surface area contributed by atoms with Crippen molar-refractivity contribution in [3.8, 4) is 11.4 Å². The van der Waals surface area contributed by atoms with E-state index < -0.39 is 0 Å². The number of pyridine rings is 1. The van der Waals surface area contributed by atoms with Gasteiger partial charge in [-0.15, -0.1) is 0 Å². The number of anilines is 1. The molecule has 2 heterocycles. The van der Waals surface area contributed by atoms with E-state index in [0.29, 0.717) is 0 Å². The summed E-state index contributed by atoms with van der Waals surface area (Å²) < 4.78 is 0. The second-order valence-electron chi connectivity index (χ2n) is 5.16. The second kappa shape index (κ2) is 5.57. The number of hydrogen-bond acceptors (Lipinski definition) is 4. The van der Waals surface area contributed by atoms with Gasteiger partial charge in [0, 0.05) is 36.3 Å². The number of nitrogens with zero attached hydrogens (tertiary/aromatic N) is 3. The lowest BCUT2D eigenvalue weighted by molar-refractivity contribution is 0.665. The highest BCUT2D eigenvalue weighted by Crippen LogP contribution is 2.29. The van der Waals surface area contributed by atoms with E-state index in [9.17, 15) is 0 Å². The fourth-order valence-electron chi connectivity index (χ4n) is 2.85. The Balaban J connectivity index is 2.14. The van der Waals surface area contributed by atoms with Crippen LogP contribution in [-0.4, -0.2) is 22.0 Å². The first-order chi connectivity index (χ1) is 9.83. The van der Waals surface area contributed by atoms with Crippen LogP contribution in [0, 0.1) is 0 Å². The van der Waals surface area contributed by atoms with Gasteiger partial charge in [-0.05, 0) is 43.7 Å². The summed E-state index contributed by atoms with van der Waals surface area (Å²) >= 11 is 0. The van der Waals surface area contributed by atoms with E-state index in [1.165, 1.54) is 29.7 Å². The molecule has 20 heavy (non-hydrogen) atoms. The first-order valence-electron chi connectivity index (χ1n) is 7.34. The summed E-state index contributed by atoms with van der Waals surface area (Å²) in [5.41, 5.74) is 4.82. The fraction of sp³-hybridized carbons (Fsp3) is 0.438. The van der Waals surface area contributed by atoms with Crippen LogP contribution in [0.1, 0.15) is 36.6 Å². The average Bonchev–Trinajstić information content (AvgIpc) is 2.53. The van der Waals surface area contributed by atoms with Crippen LogP contribution in [0.2, 0.25) is 0 Å². The van der Waals surface area contributed by atoms with Gasteiger partial charge in [0.15, 0.2) is 5.82 Å². The second-order valence-corrected chi connectivity index (χ2v) is 5.16. The zero-order valence-corrected chi connectivity index (χ0v) is 12.1. The number of rotatable bonds is 3. The third-order valence-corrected chi connectivity index (χ3v) is 3.95. The van der Waals surface area contributed by atoms with Crippen LogP contribution in [0.3, 0.4) is 0 Å². The maximum Gasteiger partial charge on any atom is 0.162 e. The van der Waals surface area contributed by atoms with Crippen molar-refractivity contribution in [2.45, 2.75) is 39.0 Å². The van der Waals surface area contributed by atoms with Gasteiger partial charge in [-0.3, -0.25) is 4.98 Å². The smallest absolute Gasteiger partial charge is 0.162 e. The molecule has 4 nitrogen and oxygen atoms in total. The van der Waals surface area contributed by atoms with E-state index in [1.54, 1.807) is 0 Å². The number of fused-ring (bicyclic) bond motifs is 1. The maximum absolute atomic E-state index is 4.82. The maximum atomic E-state index is 4.82. The van der Waals surface area contributed by atoms with Crippen LogP contribution in [0.5, 0.6) is 0 Å². The molecule has 0 saturated carbocycles. The van der Waals surface area contributed by atoms with Crippen LogP contribution in [0.15, 0.2) is 18.5 Å². The Hall–Kier alpha value is -1.97. The average molecular weight is 268 g/mol. The Morgan fingerprint density at radius 3 is 2.85 bits per heavy atom. The van der Waals surface area contributed by atoms with Gasteiger partial charge in [-0.25, -0.2) is 9.97 Å². The van der Waals surface area contributed by atoms with Crippen LogP contribution in [0.4, 0.5) is 5.82 Å². The molecule has 0 atom stereocenters. The van der Waals surface area contributed by atoms with E-state index in [-0.39, 0.29) is 0 Å². The summed E-state index contributed by atoms with van der Waals surface area (Å²) in [6.07, 6.45) is 9.28. The lowest BCUT2D eigenvalue weighted by Crippen LogP contribution is -2.12. The van der Waals surface area contributed by atoms with Crippen molar-refractivity contribution < 1.29 is 0 Å². The largest absolute Gasteiger partial charge is 0.373 e. The van der Waals surface area contributed by atoms with Crippen molar-refractivity contribution in [1.29, 1.82) is 0 Å². The van der Waals surface area contributed by atoms with Gasteiger partial charge in [0.1, 0.15) is 5.82 Å². The lowest BCUT2D eigenvalue weighted by atomic mass is 9.96. The molecular formula is C16H20N4. The fourth-order valence-corrected chi connectivity index (χ4v) is 2.85. The van der Waals surface area contributed by atoms with E-state index in [0.717, 1.165) is 36.5 Å². The molecule has 0 fully saturated rings. The third kappa shape index (κ3) is 2.26. The molecule has 0 amide bonds. The molecule has 0 saturated heterocycles. The predicted octanol–water partition coefficient (Wildman–Crippen LogP) is 3.02. The zero-order valence-electron chi connectivity index (χ0n) is 12.1. The van der Waals surface area contributed by atoms with Gasteiger partial charge in [0.2, 0.25) is 0 Å². The van der Waals surface area contributed by atoms with E-state index in [1.807, 2.05) is 25.5 Å². The molecule has 0 spiro atoms. The quantitative estimate of drug-likeness (QED) is 0.929. The standard InChI is InChI=1S/C16H20N4/c1-3-11-10-18-9-8-12(11)16-19-14-7-5-4-6-13(14)15(17-2)20-16/h8-10H,3-7H2,1-2H3,(H,17,19,20). The summed E-state index contributed by atoms with van der Waals surface area (Å²) in [6.45, 7) is 2.14. The number of hydrogen-bond donors (Lipinski definition) is 1. The first kappa shape index (κ1) is 13.0. The molecular weight excluding hydrogens is 248 g/mol. The molecule has 2 aromatic rings. The summed E-state index contributed by atoms with van der Waals surface area (Å²) in [5, 5.41) is 3.24. The van der Waals surface area contributed by atoms with Crippen molar-refractivity contribution in [2.24, 2.45) is 0 Å². The van der Waals surface area contributed by atoms with Crippen LogP contribution in [0.25, 0.3) is 11.4 Å². The molecule has 0 unspecified atom stereocenters. The zero-order chi connectivity index (χ0) is 13.9. The van der Waals surface area contributed by atoms with Gasteiger partial charge >= 0.3 is 0 Å². The predicted molar refractivity (Wildman–Crippen MR) is 80.8 cm³/mol. The highest BCUT2D eigenvalue weighted by molar-refractivity contribution is 5.63. The molecule has 0 bridgehead atoms. The van der Waals surface area contributed by atoms with Crippen molar-refractivity contribution in [2.75, 3.05) is 12.4 Å². The van der Waals surface area contributed by atoms with Crippen LogP contribution in [-0.2, 0) is 19.3 Å². The van der Waals surface area contributed by atoms with Crippen molar-refractivity contribution in [3.63, 3.8) is 0 Å². The monoisotopic (exact) mass is 268 g/mol. The van der Waals surface area contributed by atoms with Crippen molar-refractivity contribution >= 4 is 5.82 Å². The Morgan fingerprint density at radius 1 is 1.20 bits per heavy atom. The SMILES string of the molecule is CCc1cnccc1-c1nc2c(c(NC)n1)CCCC2. The van der Waals surface area contributed by atoms with Crippen molar-refractivity contribution in [3.05, 3.63) is 35.3 Å². The molecule has 0 radical (unpaired) electrons. The van der Waals surface area contributed by atoms with Gasteiger partial charge < -0.3 is 5.32 Å². The molecule has 1 N–H and O–H groups in total. The summed E-state index contributed by atoms with van der Waals surface area (Å²) in [6, 6.07) is 2.02. The summed E-state index contributed by atoms with van der Waals surface area (Å²) in [5.74, 6) is 1.82. The van der Waals surface area contributed by atoms with Crippen LogP contribution >= 0.6 is 0 Å². The Labute approximate surface area is 119 Å². The number of nitrogens with one attached hydrogen (secondary N) is 1. The Kier molecular flexibility index (Phi) is 3.63. The molecule has 1 aliphatic rings. The van der Waals surface area contributed by atoms with Gasteiger partial charge in [0.25, 0.3) is 0 Å². The number of aromatic nitrogens is 3. The van der Waals surface area contributed by atoms with Gasteiger partial charge in [-0.2, -0.15) is 0 Å². The number of aryl methyl sites for hydroxylation is 2. The molecule has 0 aliphatic heterocycles. The van der Waals surface area contributed by atoms with E-state index in [4.69, 9.17) is 9.97 Å². The highest BCUT2D eigenvalue weighted by atomic mass is 15.0. The molecule has 3 rings (SSSR count). The summed E-state index contributed by atoms with van der Waals surface area (Å²) in [4.78, 5) is 13.8. The minimum absolute atomic E-state index is 0.828. The van der Waals surface area contributed by atoms with Gasteiger partial charge in [0.05, 0.1) is 0 Å². The van der Waals surface area contributed by atoms with Gasteiger partial charge in [-0.1, -0.05) is 6.92 Å². The Morgan fingerprint density at radius 2 is 2.05 bits per heavy atom. The minimum atomic E-state index is 0.828. The molecule has 4 heteroatoms. The Bertz CT molecular complexity index is 605. The lowest BCUT2D eigenvalue weighted by Gasteiger charge is -2.19. The van der Waals surface area contributed by atoms with Crippen molar-refractivity contribution in [1.82, 2.24) is 15.0 Å². The van der Waals surface area contributed by atoms with Crippen LogP contribution < -0.4 is 5.32 Å². The topological polar surface area (TPSA) is 50.7 Å². The molecule has 0 aromatic carbocycles. The van der Waals surface area contributed by atoms with E-state index in [2.05, 4.69) is 17.2 Å². The highest BCUT2D eigenvalue weighted by Gasteiger charge is 2.18. The molecule has 2 aromatic heterocycles. The minimum Gasteiger partial charge on any atom is -0.373 e. The summed E-state index contributed by atoms with van der Waals surface area (Å²) in [7, 11) is 1.94. The molecule has 1 aliphatic carbocycles. The normalized spacial score (nSPS) is 13.9. The molecule has 104 valence electrons. The third-order valence-electron chi connectivity index (χ3n) is 3.95. The van der Waals surface area contributed by atoms with E-state index >= 15 is 0 Å². The first-order valence-corrected chi connectivity index (χ1v) is 7.34.